The molecule has 1 atom stereocenters. The zero-order valence-electron chi connectivity index (χ0n) is 11.5. The van der Waals surface area contributed by atoms with Gasteiger partial charge in [-0.1, -0.05) is 12.1 Å². The minimum absolute atomic E-state index is 0.0302. The minimum atomic E-state index is 0.0302. The van der Waals surface area contributed by atoms with E-state index < -0.39 is 0 Å². The summed E-state index contributed by atoms with van der Waals surface area (Å²) < 4.78 is 1.69. The van der Waals surface area contributed by atoms with Crippen LogP contribution in [-0.2, 0) is 11.3 Å². The maximum Gasteiger partial charge on any atom is 0.220 e. The van der Waals surface area contributed by atoms with Gasteiger partial charge in [-0.15, -0.1) is 0 Å². The summed E-state index contributed by atoms with van der Waals surface area (Å²) >= 11 is 0. The highest BCUT2D eigenvalue weighted by Gasteiger charge is 2.03. The van der Waals surface area contributed by atoms with E-state index in [1.807, 2.05) is 31.2 Å². The summed E-state index contributed by atoms with van der Waals surface area (Å²) in [5.41, 5.74) is 7.60. The van der Waals surface area contributed by atoms with E-state index in [4.69, 9.17) is 5.73 Å². The van der Waals surface area contributed by atoms with Crippen LogP contribution in [0.25, 0.3) is 5.69 Å². The van der Waals surface area contributed by atoms with Crippen molar-refractivity contribution in [3.8, 4) is 5.69 Å². The topological polar surface area (TPSA) is 85.8 Å². The Morgan fingerprint density at radius 1 is 1.40 bits per heavy atom. The molecule has 3 N–H and O–H groups in total. The number of rotatable bonds is 6. The third-order valence-corrected chi connectivity index (χ3v) is 2.94. The fraction of sp³-hybridized carbons (Fsp3) is 0.357. The van der Waals surface area contributed by atoms with Crippen molar-refractivity contribution in [2.75, 3.05) is 0 Å². The fourth-order valence-electron chi connectivity index (χ4n) is 1.76. The zero-order valence-corrected chi connectivity index (χ0v) is 11.5. The third kappa shape index (κ3) is 4.17. The number of carbonyl (C=O) groups is 1. The molecule has 0 radical (unpaired) electrons. The van der Waals surface area contributed by atoms with E-state index in [0.29, 0.717) is 19.4 Å². The van der Waals surface area contributed by atoms with Crippen LogP contribution < -0.4 is 11.1 Å². The molecule has 0 aliphatic carbocycles. The van der Waals surface area contributed by atoms with Crippen LogP contribution in [0.5, 0.6) is 0 Å². The summed E-state index contributed by atoms with van der Waals surface area (Å²) in [6.07, 6.45) is 4.31. The molecule has 0 aliphatic rings. The normalized spacial score (nSPS) is 12.1. The van der Waals surface area contributed by atoms with Gasteiger partial charge in [0, 0.05) is 19.0 Å². The second-order valence-electron chi connectivity index (χ2n) is 4.80. The lowest BCUT2D eigenvalue weighted by Crippen LogP contribution is -2.25. The number of aromatic nitrogens is 3. The molecular formula is C14H19N5O. The van der Waals surface area contributed by atoms with Gasteiger partial charge in [0.2, 0.25) is 5.91 Å². The Balaban J connectivity index is 1.84. The van der Waals surface area contributed by atoms with Gasteiger partial charge in [0.15, 0.2) is 0 Å². The fourth-order valence-corrected chi connectivity index (χ4v) is 1.76. The predicted octanol–water partition coefficient (Wildman–Crippen LogP) is 1.01. The first kappa shape index (κ1) is 14.2. The van der Waals surface area contributed by atoms with Crippen LogP contribution in [0.1, 0.15) is 25.3 Å². The summed E-state index contributed by atoms with van der Waals surface area (Å²) in [5, 5.41) is 6.93. The van der Waals surface area contributed by atoms with Gasteiger partial charge in [0.1, 0.15) is 12.7 Å². The average molecular weight is 273 g/mol. The first-order chi connectivity index (χ1) is 9.65. The smallest absolute Gasteiger partial charge is 0.220 e. The van der Waals surface area contributed by atoms with Gasteiger partial charge in [-0.3, -0.25) is 4.79 Å². The SMILES string of the molecule is CC(N)CCC(=O)NCc1ccc(-n2cncn2)cc1. The number of nitrogens with one attached hydrogen (secondary N) is 1. The van der Waals surface area contributed by atoms with Crippen LogP contribution in [0.3, 0.4) is 0 Å². The van der Waals surface area contributed by atoms with Crippen LogP contribution in [-0.4, -0.2) is 26.7 Å². The number of amides is 1. The number of nitrogens with two attached hydrogens (primary N) is 1. The second kappa shape index (κ2) is 6.81. The Hall–Kier alpha value is -2.21. The summed E-state index contributed by atoms with van der Waals surface area (Å²) in [6, 6.07) is 7.87. The van der Waals surface area contributed by atoms with Crippen molar-refractivity contribution in [1.82, 2.24) is 20.1 Å². The Kier molecular flexibility index (Phi) is 4.84. The van der Waals surface area contributed by atoms with Crippen LogP contribution in [0.2, 0.25) is 0 Å². The Labute approximate surface area is 118 Å². The number of hydrogen-bond acceptors (Lipinski definition) is 4. The van der Waals surface area contributed by atoms with Gasteiger partial charge >= 0.3 is 0 Å². The standard InChI is InChI=1S/C14H19N5O/c1-11(15)2-7-14(20)17-8-12-3-5-13(6-4-12)19-10-16-9-18-19/h3-6,9-11H,2,7-8,15H2,1H3,(H,17,20). The molecule has 2 rings (SSSR count). The van der Waals surface area contributed by atoms with Gasteiger partial charge in [-0.05, 0) is 31.0 Å². The number of nitrogens with zero attached hydrogens (tertiary/aromatic N) is 3. The van der Waals surface area contributed by atoms with Crippen LogP contribution in [0.15, 0.2) is 36.9 Å². The maximum absolute atomic E-state index is 11.6. The van der Waals surface area contributed by atoms with Gasteiger partial charge in [0.05, 0.1) is 5.69 Å². The van der Waals surface area contributed by atoms with Gasteiger partial charge in [0.25, 0.3) is 0 Å². The molecule has 0 aliphatic heterocycles. The molecule has 1 aromatic heterocycles. The average Bonchev–Trinajstić information content (AvgIpc) is 2.97. The molecule has 1 aromatic carbocycles. The molecule has 6 heteroatoms. The van der Waals surface area contributed by atoms with E-state index >= 15 is 0 Å². The van der Waals surface area contributed by atoms with E-state index in [-0.39, 0.29) is 11.9 Å². The monoisotopic (exact) mass is 273 g/mol. The van der Waals surface area contributed by atoms with Crippen molar-refractivity contribution in [3.63, 3.8) is 0 Å². The van der Waals surface area contributed by atoms with Crippen molar-refractivity contribution in [2.45, 2.75) is 32.4 Å². The van der Waals surface area contributed by atoms with Crippen LogP contribution in [0, 0.1) is 0 Å². The summed E-state index contributed by atoms with van der Waals surface area (Å²) in [5.74, 6) is 0.0302. The van der Waals surface area contributed by atoms with Crippen molar-refractivity contribution in [2.24, 2.45) is 5.73 Å². The highest BCUT2D eigenvalue weighted by Crippen LogP contribution is 2.08. The zero-order chi connectivity index (χ0) is 14.4. The molecule has 0 saturated heterocycles. The molecule has 6 nitrogen and oxygen atoms in total. The van der Waals surface area contributed by atoms with Crippen molar-refractivity contribution >= 4 is 5.91 Å². The molecule has 2 aromatic rings. The Morgan fingerprint density at radius 2 is 2.15 bits per heavy atom. The minimum Gasteiger partial charge on any atom is -0.352 e. The van der Waals surface area contributed by atoms with Crippen LogP contribution >= 0.6 is 0 Å². The molecule has 1 unspecified atom stereocenters. The van der Waals surface area contributed by atoms with Crippen LogP contribution in [0.4, 0.5) is 0 Å². The summed E-state index contributed by atoms with van der Waals surface area (Å²) in [6.45, 7) is 2.42. The predicted molar refractivity (Wildman–Crippen MR) is 76.1 cm³/mol. The molecule has 1 amide bonds. The van der Waals surface area contributed by atoms with E-state index in [9.17, 15) is 4.79 Å². The largest absolute Gasteiger partial charge is 0.352 e. The van der Waals surface area contributed by atoms with Crippen molar-refractivity contribution in [1.29, 1.82) is 0 Å². The quantitative estimate of drug-likeness (QED) is 0.822. The molecule has 20 heavy (non-hydrogen) atoms. The lowest BCUT2D eigenvalue weighted by Gasteiger charge is -2.07. The Morgan fingerprint density at radius 3 is 2.75 bits per heavy atom. The summed E-state index contributed by atoms with van der Waals surface area (Å²) in [7, 11) is 0. The highest BCUT2D eigenvalue weighted by molar-refractivity contribution is 5.75. The lowest BCUT2D eigenvalue weighted by atomic mass is 10.1. The highest BCUT2D eigenvalue weighted by atomic mass is 16.1. The van der Waals surface area contributed by atoms with E-state index in [2.05, 4.69) is 15.4 Å². The van der Waals surface area contributed by atoms with Crippen molar-refractivity contribution < 1.29 is 4.79 Å². The molecular weight excluding hydrogens is 254 g/mol. The molecule has 0 saturated carbocycles. The molecule has 0 bridgehead atoms. The van der Waals surface area contributed by atoms with E-state index in [0.717, 1.165) is 11.3 Å². The lowest BCUT2D eigenvalue weighted by molar-refractivity contribution is -0.121. The first-order valence-electron chi connectivity index (χ1n) is 6.61. The second-order valence-corrected chi connectivity index (χ2v) is 4.80. The first-order valence-corrected chi connectivity index (χ1v) is 6.61. The molecule has 106 valence electrons. The van der Waals surface area contributed by atoms with Gasteiger partial charge in [-0.2, -0.15) is 5.10 Å². The summed E-state index contributed by atoms with van der Waals surface area (Å²) in [4.78, 5) is 15.5. The molecule has 1 heterocycles. The number of hydrogen-bond donors (Lipinski definition) is 2. The molecule has 0 spiro atoms. The third-order valence-electron chi connectivity index (χ3n) is 2.94. The van der Waals surface area contributed by atoms with Gasteiger partial charge < -0.3 is 11.1 Å². The van der Waals surface area contributed by atoms with E-state index in [1.165, 1.54) is 6.33 Å². The maximum atomic E-state index is 11.6. The van der Waals surface area contributed by atoms with Crippen molar-refractivity contribution in [3.05, 3.63) is 42.5 Å². The Bertz CT molecular complexity index is 533. The number of carbonyl (C=O) groups excluding carboxylic acids is 1. The molecule has 0 fully saturated rings. The van der Waals surface area contributed by atoms with E-state index in [1.54, 1.807) is 11.0 Å². The van der Waals surface area contributed by atoms with Gasteiger partial charge in [-0.25, -0.2) is 9.67 Å². The number of benzene rings is 1.